The topological polar surface area (TPSA) is 93.8 Å². The number of hydrogen-bond acceptors (Lipinski definition) is 4. The number of carbonyl (C=O) groups is 1. The Hall–Kier alpha value is -0.850. The second kappa shape index (κ2) is 7.26. The lowest BCUT2D eigenvalue weighted by Crippen LogP contribution is -2.23. The van der Waals surface area contributed by atoms with E-state index >= 15 is 0 Å². The molecular weight excluding hydrogens is 152 g/mol. The lowest BCUT2D eigenvalue weighted by molar-refractivity contribution is 0.00261. The van der Waals surface area contributed by atoms with Gasteiger partial charge >= 0.3 is 6.09 Å². The van der Waals surface area contributed by atoms with Gasteiger partial charge in [0.05, 0.1) is 19.8 Å². The molecule has 6 nitrogen and oxygen atoms in total. The molecule has 11 heavy (non-hydrogen) atoms. The van der Waals surface area contributed by atoms with Crippen LogP contribution in [0.25, 0.3) is 0 Å². The number of hydroxylamine groups is 1. The third kappa shape index (κ3) is 9.15. The number of hydrogen-bond donors (Lipinski definition) is 3. The summed E-state index contributed by atoms with van der Waals surface area (Å²) in [6.07, 6.45) is -1.22. The summed E-state index contributed by atoms with van der Waals surface area (Å²) < 4.78 is 4.88. The number of ether oxygens (including phenoxy) is 1. The predicted molar refractivity (Wildman–Crippen MR) is 37.0 cm³/mol. The summed E-state index contributed by atoms with van der Waals surface area (Å²) in [5.74, 6) is 0. The van der Waals surface area contributed by atoms with Gasteiger partial charge in [-0.25, -0.2) is 4.79 Å². The Morgan fingerprint density at radius 3 is 2.73 bits per heavy atom. The zero-order valence-corrected chi connectivity index (χ0v) is 6.08. The highest BCUT2D eigenvalue weighted by molar-refractivity contribution is 5.62. The van der Waals surface area contributed by atoms with E-state index in [-0.39, 0.29) is 6.61 Å². The van der Waals surface area contributed by atoms with Gasteiger partial charge in [0.2, 0.25) is 0 Å². The van der Waals surface area contributed by atoms with E-state index in [1.54, 1.807) is 5.48 Å². The minimum Gasteiger partial charge on any atom is -0.464 e. The van der Waals surface area contributed by atoms with Gasteiger partial charge in [-0.15, -0.1) is 0 Å². The van der Waals surface area contributed by atoms with Crippen molar-refractivity contribution in [1.29, 1.82) is 0 Å². The first-order valence-electron chi connectivity index (χ1n) is 3.16. The minimum atomic E-state index is -1.22. The summed E-state index contributed by atoms with van der Waals surface area (Å²) in [5, 5.41) is 8.02. The van der Waals surface area contributed by atoms with Crippen LogP contribution in [0.15, 0.2) is 0 Å². The molecule has 6 heteroatoms. The van der Waals surface area contributed by atoms with Crippen molar-refractivity contribution in [3.63, 3.8) is 0 Å². The Morgan fingerprint density at radius 2 is 2.18 bits per heavy atom. The van der Waals surface area contributed by atoms with Crippen LogP contribution < -0.4 is 11.2 Å². The summed E-state index contributed by atoms with van der Waals surface area (Å²) in [6, 6.07) is 0. The monoisotopic (exact) mass is 164 g/mol. The molecule has 0 rings (SSSR count). The zero-order chi connectivity index (χ0) is 8.53. The largest absolute Gasteiger partial charge is 0.464 e. The van der Waals surface area contributed by atoms with Crippen LogP contribution in [0, 0.1) is 0 Å². The van der Waals surface area contributed by atoms with E-state index in [1.807, 2.05) is 0 Å². The zero-order valence-electron chi connectivity index (χ0n) is 6.08. The van der Waals surface area contributed by atoms with Crippen LogP contribution in [0.1, 0.15) is 0 Å². The molecule has 1 amide bonds. The smallest absolute Gasteiger partial charge is 0.428 e. The fourth-order valence-electron chi connectivity index (χ4n) is 0.399. The molecular formula is C5H12N2O4. The SMILES string of the molecule is NCCOCCONC(=O)O. The fraction of sp³-hybridized carbons (Fsp3) is 0.800. The Labute approximate surface area is 64.2 Å². The molecule has 0 atom stereocenters. The van der Waals surface area contributed by atoms with Gasteiger partial charge in [-0.1, -0.05) is 0 Å². The summed E-state index contributed by atoms with van der Waals surface area (Å²) >= 11 is 0. The van der Waals surface area contributed by atoms with Crippen molar-refractivity contribution in [2.24, 2.45) is 5.73 Å². The summed E-state index contributed by atoms with van der Waals surface area (Å²) in [7, 11) is 0. The number of amides is 1. The average Bonchev–Trinajstić information content (AvgIpc) is 1.96. The van der Waals surface area contributed by atoms with Crippen LogP contribution in [0.3, 0.4) is 0 Å². The van der Waals surface area contributed by atoms with Crippen molar-refractivity contribution < 1.29 is 19.5 Å². The van der Waals surface area contributed by atoms with Crippen molar-refractivity contribution in [2.45, 2.75) is 0 Å². The number of rotatable bonds is 6. The molecule has 0 saturated carbocycles. The first-order chi connectivity index (χ1) is 5.27. The van der Waals surface area contributed by atoms with E-state index in [0.29, 0.717) is 19.8 Å². The Kier molecular flexibility index (Phi) is 6.70. The van der Waals surface area contributed by atoms with E-state index in [2.05, 4.69) is 4.84 Å². The van der Waals surface area contributed by atoms with Gasteiger partial charge in [0.25, 0.3) is 0 Å². The molecule has 0 saturated heterocycles. The van der Waals surface area contributed by atoms with Gasteiger partial charge in [-0.05, 0) is 0 Å². The van der Waals surface area contributed by atoms with E-state index in [0.717, 1.165) is 0 Å². The van der Waals surface area contributed by atoms with Crippen molar-refractivity contribution in [1.82, 2.24) is 5.48 Å². The highest BCUT2D eigenvalue weighted by atomic mass is 16.7. The Balaban J connectivity index is 2.85. The molecule has 0 aliphatic carbocycles. The number of carboxylic acid groups (broad SMARTS) is 1. The molecule has 0 aliphatic rings. The van der Waals surface area contributed by atoms with E-state index in [1.165, 1.54) is 0 Å². The third-order valence-electron chi connectivity index (χ3n) is 0.751. The van der Waals surface area contributed by atoms with Crippen molar-refractivity contribution in [3.05, 3.63) is 0 Å². The molecule has 0 heterocycles. The third-order valence-corrected chi connectivity index (χ3v) is 0.751. The van der Waals surface area contributed by atoms with Crippen LogP contribution in [-0.4, -0.2) is 37.6 Å². The standard InChI is InChI=1S/C5H12N2O4/c6-1-2-10-3-4-11-7-5(8)9/h7H,1-4,6H2,(H,8,9). The molecule has 0 aromatic rings. The van der Waals surface area contributed by atoms with Crippen LogP contribution in [-0.2, 0) is 9.57 Å². The van der Waals surface area contributed by atoms with E-state index in [9.17, 15) is 4.79 Å². The average molecular weight is 164 g/mol. The van der Waals surface area contributed by atoms with Gasteiger partial charge in [0.15, 0.2) is 0 Å². The van der Waals surface area contributed by atoms with Crippen molar-refractivity contribution in [3.8, 4) is 0 Å². The Morgan fingerprint density at radius 1 is 1.45 bits per heavy atom. The lowest BCUT2D eigenvalue weighted by atomic mass is 10.7. The van der Waals surface area contributed by atoms with Gasteiger partial charge in [-0.3, -0.25) is 4.84 Å². The van der Waals surface area contributed by atoms with E-state index < -0.39 is 6.09 Å². The maximum Gasteiger partial charge on any atom is 0.428 e. The van der Waals surface area contributed by atoms with Crippen molar-refractivity contribution in [2.75, 3.05) is 26.4 Å². The molecule has 0 aromatic heterocycles. The summed E-state index contributed by atoms with van der Waals surface area (Å²) in [5.41, 5.74) is 6.84. The lowest BCUT2D eigenvalue weighted by Gasteiger charge is -2.02. The van der Waals surface area contributed by atoms with Gasteiger partial charge < -0.3 is 15.6 Å². The number of nitrogens with two attached hydrogens (primary N) is 1. The maximum atomic E-state index is 9.79. The molecule has 66 valence electrons. The summed E-state index contributed by atoms with van der Waals surface area (Å²) in [6.45, 7) is 1.42. The number of nitrogens with one attached hydrogen (secondary N) is 1. The first kappa shape index (κ1) is 10.2. The molecule has 0 unspecified atom stereocenters. The fourth-order valence-corrected chi connectivity index (χ4v) is 0.399. The highest BCUT2D eigenvalue weighted by Crippen LogP contribution is 1.73. The second-order valence-electron chi connectivity index (χ2n) is 1.66. The Bertz CT molecular complexity index is 109. The maximum absolute atomic E-state index is 9.79. The van der Waals surface area contributed by atoms with Crippen LogP contribution in [0.4, 0.5) is 4.79 Å². The predicted octanol–water partition coefficient (Wildman–Crippen LogP) is -0.839. The normalized spacial score (nSPS) is 9.55. The van der Waals surface area contributed by atoms with Crippen LogP contribution >= 0.6 is 0 Å². The van der Waals surface area contributed by atoms with Crippen molar-refractivity contribution >= 4 is 6.09 Å². The molecule has 0 bridgehead atoms. The molecule has 0 radical (unpaired) electrons. The molecule has 0 spiro atoms. The van der Waals surface area contributed by atoms with Gasteiger partial charge in [0.1, 0.15) is 0 Å². The van der Waals surface area contributed by atoms with Gasteiger partial charge in [0, 0.05) is 6.54 Å². The second-order valence-corrected chi connectivity index (χ2v) is 1.66. The molecule has 0 aliphatic heterocycles. The summed E-state index contributed by atoms with van der Waals surface area (Å²) in [4.78, 5) is 14.2. The molecule has 4 N–H and O–H groups in total. The van der Waals surface area contributed by atoms with E-state index in [4.69, 9.17) is 15.6 Å². The highest BCUT2D eigenvalue weighted by Gasteiger charge is 1.92. The van der Waals surface area contributed by atoms with Crippen LogP contribution in [0.2, 0.25) is 0 Å². The van der Waals surface area contributed by atoms with Gasteiger partial charge in [-0.2, -0.15) is 5.48 Å². The molecule has 0 fully saturated rings. The minimum absolute atomic E-state index is 0.187. The quantitative estimate of drug-likeness (QED) is 0.351. The van der Waals surface area contributed by atoms with Crippen LogP contribution in [0.5, 0.6) is 0 Å². The first-order valence-corrected chi connectivity index (χ1v) is 3.16. The molecule has 0 aromatic carbocycles.